The third kappa shape index (κ3) is 4.04. The van der Waals surface area contributed by atoms with Crippen molar-refractivity contribution >= 4 is 21.8 Å². The number of rotatable bonds is 6. The number of carbonyl (C=O) groups excluding carboxylic acids is 1. The second kappa shape index (κ2) is 7.47. The number of amides is 1. The Balaban J connectivity index is 1.67. The average molecular weight is 390 g/mol. The van der Waals surface area contributed by atoms with Gasteiger partial charge in [-0.05, 0) is 54.5 Å². The average Bonchev–Trinajstić information content (AvgIpc) is 3.41. The zero-order valence-corrected chi connectivity index (χ0v) is 15.3. The van der Waals surface area contributed by atoms with Gasteiger partial charge in [-0.1, -0.05) is 47.1 Å². The second-order valence-corrected chi connectivity index (χ2v) is 7.27. The molecule has 0 aliphatic heterocycles. The van der Waals surface area contributed by atoms with Crippen molar-refractivity contribution in [2.24, 2.45) is 0 Å². The van der Waals surface area contributed by atoms with Gasteiger partial charge in [0, 0.05) is 16.6 Å². The highest BCUT2D eigenvalue weighted by atomic mass is 79.9. The van der Waals surface area contributed by atoms with Crippen molar-refractivity contribution in [1.29, 1.82) is 0 Å². The van der Waals surface area contributed by atoms with Gasteiger partial charge >= 0.3 is 0 Å². The smallest absolute Gasteiger partial charge is 0.227 e. The summed E-state index contributed by atoms with van der Waals surface area (Å²) >= 11 is 3.40. The molecule has 1 fully saturated rings. The fourth-order valence-electron chi connectivity index (χ4n) is 2.97. The van der Waals surface area contributed by atoms with Crippen LogP contribution in [0.4, 0.5) is 4.39 Å². The number of hydrogen-bond donors (Lipinski definition) is 1. The summed E-state index contributed by atoms with van der Waals surface area (Å²) in [6.45, 7) is 2.22. The Morgan fingerprint density at radius 1 is 1.25 bits per heavy atom. The lowest BCUT2D eigenvalue weighted by Gasteiger charge is -2.16. The van der Waals surface area contributed by atoms with Crippen LogP contribution in [0.25, 0.3) is 0 Å². The first-order valence-electron chi connectivity index (χ1n) is 8.40. The molecule has 24 heavy (non-hydrogen) atoms. The number of nitrogens with one attached hydrogen (secondary N) is 1. The van der Waals surface area contributed by atoms with Gasteiger partial charge in [-0.2, -0.15) is 0 Å². The van der Waals surface area contributed by atoms with Gasteiger partial charge in [0.25, 0.3) is 0 Å². The third-order valence-electron chi connectivity index (χ3n) is 4.57. The van der Waals surface area contributed by atoms with Gasteiger partial charge in [0.05, 0.1) is 5.92 Å². The highest BCUT2D eigenvalue weighted by molar-refractivity contribution is 9.10. The molecule has 0 heterocycles. The summed E-state index contributed by atoms with van der Waals surface area (Å²) in [4.78, 5) is 12.5. The minimum Gasteiger partial charge on any atom is -0.351 e. The Hall–Kier alpha value is -1.68. The van der Waals surface area contributed by atoms with Gasteiger partial charge < -0.3 is 5.32 Å². The largest absolute Gasteiger partial charge is 0.351 e. The van der Waals surface area contributed by atoms with Crippen LogP contribution in [0.2, 0.25) is 0 Å². The number of benzene rings is 2. The molecule has 1 saturated carbocycles. The van der Waals surface area contributed by atoms with Crippen LogP contribution in [0.15, 0.2) is 46.9 Å². The fourth-order valence-corrected chi connectivity index (χ4v) is 3.24. The summed E-state index contributed by atoms with van der Waals surface area (Å²) in [5.74, 6) is 0.0476. The summed E-state index contributed by atoms with van der Waals surface area (Å²) < 4.78 is 15.0. The summed E-state index contributed by atoms with van der Waals surface area (Å²) in [5, 5.41) is 2.90. The Morgan fingerprint density at radius 3 is 2.58 bits per heavy atom. The molecule has 0 radical (unpaired) electrons. The number of halogens is 2. The standard InChI is InChI=1S/C20H21BrFNO/c1-2-18(14-5-8-17(21)9-6-14)20(24)23-12-16-11-15(13-3-4-13)7-10-19(16)22/h5-11,13,18H,2-4,12H2,1H3,(H,23,24). The maximum Gasteiger partial charge on any atom is 0.227 e. The van der Waals surface area contributed by atoms with E-state index in [1.165, 1.54) is 24.5 Å². The Kier molecular flexibility index (Phi) is 5.34. The van der Waals surface area contributed by atoms with Gasteiger partial charge in [-0.15, -0.1) is 0 Å². The molecule has 2 nitrogen and oxygen atoms in total. The zero-order chi connectivity index (χ0) is 17.1. The van der Waals surface area contributed by atoms with Crippen LogP contribution in [-0.4, -0.2) is 5.91 Å². The number of carbonyl (C=O) groups is 1. The summed E-state index contributed by atoms with van der Waals surface area (Å²) in [6, 6.07) is 13.0. The van der Waals surface area contributed by atoms with Crippen LogP contribution in [0.3, 0.4) is 0 Å². The molecular weight excluding hydrogens is 369 g/mol. The lowest BCUT2D eigenvalue weighted by molar-refractivity contribution is -0.122. The molecule has 1 amide bonds. The Labute approximate surface area is 150 Å². The van der Waals surface area contributed by atoms with Crippen LogP contribution in [0.1, 0.15) is 54.7 Å². The van der Waals surface area contributed by atoms with E-state index in [-0.39, 0.29) is 24.2 Å². The predicted octanol–water partition coefficient (Wildman–Crippen LogP) is 5.28. The van der Waals surface area contributed by atoms with E-state index in [0.29, 0.717) is 17.9 Å². The minimum atomic E-state index is -0.253. The second-order valence-electron chi connectivity index (χ2n) is 6.36. The molecule has 2 aromatic carbocycles. The summed E-state index contributed by atoms with van der Waals surface area (Å²) in [5.41, 5.74) is 2.73. The van der Waals surface area contributed by atoms with Crippen molar-refractivity contribution < 1.29 is 9.18 Å². The van der Waals surface area contributed by atoms with Crippen molar-refractivity contribution in [2.45, 2.75) is 44.6 Å². The van der Waals surface area contributed by atoms with Crippen molar-refractivity contribution in [1.82, 2.24) is 5.32 Å². The predicted molar refractivity (Wildman–Crippen MR) is 97.4 cm³/mol. The topological polar surface area (TPSA) is 29.1 Å². The first kappa shape index (κ1) is 17.2. The Morgan fingerprint density at radius 2 is 1.96 bits per heavy atom. The van der Waals surface area contributed by atoms with Crippen LogP contribution in [0, 0.1) is 5.82 Å². The SMILES string of the molecule is CCC(C(=O)NCc1cc(C2CC2)ccc1F)c1ccc(Br)cc1. The van der Waals surface area contributed by atoms with Crippen molar-refractivity contribution in [3.8, 4) is 0 Å². The quantitative estimate of drug-likeness (QED) is 0.715. The van der Waals surface area contributed by atoms with Gasteiger partial charge in [-0.3, -0.25) is 4.79 Å². The molecule has 4 heteroatoms. The summed E-state index contributed by atoms with van der Waals surface area (Å²) in [6.07, 6.45) is 3.07. The third-order valence-corrected chi connectivity index (χ3v) is 5.10. The van der Waals surface area contributed by atoms with E-state index in [4.69, 9.17) is 0 Å². The van der Waals surface area contributed by atoms with Crippen LogP contribution < -0.4 is 5.32 Å². The Bertz CT molecular complexity index is 725. The van der Waals surface area contributed by atoms with E-state index < -0.39 is 0 Å². The van der Waals surface area contributed by atoms with E-state index in [0.717, 1.165) is 10.0 Å². The minimum absolute atomic E-state index is 0.0592. The molecule has 0 bridgehead atoms. The van der Waals surface area contributed by atoms with Gasteiger partial charge in [-0.25, -0.2) is 4.39 Å². The monoisotopic (exact) mass is 389 g/mol. The molecule has 1 aliphatic carbocycles. The molecule has 0 aromatic heterocycles. The highest BCUT2D eigenvalue weighted by Gasteiger charge is 2.24. The van der Waals surface area contributed by atoms with E-state index in [1.807, 2.05) is 43.3 Å². The van der Waals surface area contributed by atoms with Crippen molar-refractivity contribution in [3.05, 3.63) is 69.4 Å². The van der Waals surface area contributed by atoms with Gasteiger partial charge in [0.1, 0.15) is 5.82 Å². The van der Waals surface area contributed by atoms with Crippen molar-refractivity contribution in [2.75, 3.05) is 0 Å². The van der Waals surface area contributed by atoms with E-state index in [9.17, 15) is 9.18 Å². The summed E-state index contributed by atoms with van der Waals surface area (Å²) in [7, 11) is 0. The zero-order valence-electron chi connectivity index (χ0n) is 13.7. The molecule has 1 N–H and O–H groups in total. The van der Waals surface area contributed by atoms with E-state index in [2.05, 4.69) is 21.2 Å². The van der Waals surface area contributed by atoms with Crippen LogP contribution in [0.5, 0.6) is 0 Å². The maximum absolute atomic E-state index is 14.0. The molecule has 1 aliphatic rings. The van der Waals surface area contributed by atoms with E-state index >= 15 is 0 Å². The van der Waals surface area contributed by atoms with Crippen LogP contribution >= 0.6 is 15.9 Å². The molecule has 126 valence electrons. The molecule has 1 atom stereocenters. The fraction of sp³-hybridized carbons (Fsp3) is 0.350. The maximum atomic E-state index is 14.0. The van der Waals surface area contributed by atoms with Gasteiger partial charge in [0.15, 0.2) is 0 Å². The lowest BCUT2D eigenvalue weighted by Crippen LogP contribution is -2.29. The van der Waals surface area contributed by atoms with Gasteiger partial charge in [0.2, 0.25) is 5.91 Å². The molecule has 3 rings (SSSR count). The highest BCUT2D eigenvalue weighted by Crippen LogP contribution is 2.40. The molecule has 0 spiro atoms. The molecule has 2 aromatic rings. The van der Waals surface area contributed by atoms with Crippen molar-refractivity contribution in [3.63, 3.8) is 0 Å². The number of hydrogen-bond acceptors (Lipinski definition) is 1. The first-order chi connectivity index (χ1) is 11.6. The lowest BCUT2D eigenvalue weighted by atomic mass is 9.95. The molecule has 0 saturated heterocycles. The van der Waals surface area contributed by atoms with E-state index in [1.54, 1.807) is 0 Å². The normalized spacial score (nSPS) is 15.1. The first-order valence-corrected chi connectivity index (χ1v) is 9.19. The molecular formula is C20H21BrFNO. The molecule has 1 unspecified atom stereocenters. The van der Waals surface area contributed by atoms with Crippen LogP contribution in [-0.2, 0) is 11.3 Å².